The van der Waals surface area contributed by atoms with Crippen LogP contribution in [0.1, 0.15) is 36.1 Å². The van der Waals surface area contributed by atoms with Gasteiger partial charge in [-0.3, -0.25) is 4.99 Å². The van der Waals surface area contributed by atoms with E-state index < -0.39 is 0 Å². The lowest BCUT2D eigenvalue weighted by Gasteiger charge is -2.10. The van der Waals surface area contributed by atoms with E-state index in [1.54, 1.807) is 0 Å². The van der Waals surface area contributed by atoms with E-state index >= 15 is 0 Å². The third-order valence-corrected chi connectivity index (χ3v) is 4.25. The van der Waals surface area contributed by atoms with Gasteiger partial charge in [-0.15, -0.1) is 0 Å². The molecule has 3 aromatic rings. The number of aliphatic imine (C=N–C) groups is 1. The molecule has 0 heterocycles. The number of benzene rings is 3. The number of fused-ring (bicyclic) bond motifs is 1. The van der Waals surface area contributed by atoms with Gasteiger partial charge in [-0.1, -0.05) is 72.3 Å². The summed E-state index contributed by atoms with van der Waals surface area (Å²) in [5.41, 5.74) is 4.01. The summed E-state index contributed by atoms with van der Waals surface area (Å²) >= 11 is 0. The molecule has 0 aliphatic rings. The molecule has 1 atom stereocenters. The first-order valence-electron chi connectivity index (χ1n) is 8.29. The van der Waals surface area contributed by atoms with E-state index in [1.165, 1.54) is 27.5 Å². The fraction of sp³-hybridized carbons (Fsp3) is 0.227. The molecule has 0 spiro atoms. The maximum atomic E-state index is 4.76. The maximum Gasteiger partial charge on any atom is 0.0722 e. The quantitative estimate of drug-likeness (QED) is 0.519. The van der Waals surface area contributed by atoms with Crippen molar-refractivity contribution in [2.45, 2.75) is 32.7 Å². The van der Waals surface area contributed by atoms with E-state index in [4.69, 9.17) is 4.99 Å². The average molecular weight is 301 g/mol. The lowest BCUT2D eigenvalue weighted by Crippen LogP contribution is -1.93. The fourth-order valence-electron chi connectivity index (χ4n) is 3.03. The first-order chi connectivity index (χ1) is 11.2. The van der Waals surface area contributed by atoms with E-state index in [1.807, 2.05) is 0 Å². The Balaban J connectivity index is 1.67. The van der Waals surface area contributed by atoms with Crippen molar-refractivity contribution in [2.24, 2.45) is 4.99 Å². The zero-order valence-corrected chi connectivity index (χ0v) is 13.9. The minimum absolute atomic E-state index is 0.193. The molecule has 3 rings (SSSR count). The second kappa shape index (κ2) is 7.23. The van der Waals surface area contributed by atoms with Crippen molar-refractivity contribution in [1.29, 1.82) is 0 Å². The Bertz CT molecular complexity index is 812. The van der Waals surface area contributed by atoms with Crippen molar-refractivity contribution in [3.8, 4) is 0 Å². The molecule has 0 aliphatic carbocycles. The lowest BCUT2D eigenvalue weighted by atomic mass is 10.00. The number of rotatable bonds is 5. The van der Waals surface area contributed by atoms with Crippen molar-refractivity contribution < 1.29 is 0 Å². The topological polar surface area (TPSA) is 12.4 Å². The Labute approximate surface area is 138 Å². The summed E-state index contributed by atoms with van der Waals surface area (Å²) in [4.78, 5) is 4.76. The van der Waals surface area contributed by atoms with Crippen LogP contribution >= 0.6 is 0 Å². The molecule has 1 heteroatoms. The summed E-state index contributed by atoms with van der Waals surface area (Å²) in [6, 6.07) is 23.9. The molecular formula is C22H23N. The van der Waals surface area contributed by atoms with Gasteiger partial charge in [0.05, 0.1) is 6.04 Å². The van der Waals surface area contributed by atoms with Crippen LogP contribution in [0.25, 0.3) is 10.8 Å². The Morgan fingerprint density at radius 1 is 0.957 bits per heavy atom. The predicted molar refractivity (Wildman–Crippen MR) is 100 cm³/mol. The summed E-state index contributed by atoms with van der Waals surface area (Å²) in [7, 11) is 0. The maximum absolute atomic E-state index is 4.76. The van der Waals surface area contributed by atoms with E-state index in [0.29, 0.717) is 0 Å². The third kappa shape index (κ3) is 3.87. The van der Waals surface area contributed by atoms with Gasteiger partial charge in [-0.2, -0.15) is 0 Å². The van der Waals surface area contributed by atoms with Crippen molar-refractivity contribution >= 4 is 17.0 Å². The summed E-state index contributed by atoms with van der Waals surface area (Å²) in [6.45, 7) is 4.31. The van der Waals surface area contributed by atoms with Gasteiger partial charge in [0.15, 0.2) is 0 Å². The van der Waals surface area contributed by atoms with E-state index in [0.717, 1.165) is 12.8 Å². The minimum atomic E-state index is 0.193. The Hall–Kier alpha value is -2.41. The van der Waals surface area contributed by atoms with Crippen LogP contribution in [-0.2, 0) is 6.42 Å². The second-order valence-corrected chi connectivity index (χ2v) is 6.10. The highest BCUT2D eigenvalue weighted by Crippen LogP contribution is 2.26. The molecule has 0 radical (unpaired) electrons. The van der Waals surface area contributed by atoms with Crippen LogP contribution in [0.2, 0.25) is 0 Å². The number of nitrogens with zero attached hydrogens (tertiary/aromatic N) is 1. The summed E-state index contributed by atoms with van der Waals surface area (Å²) in [6.07, 6.45) is 4.11. The molecule has 0 aromatic heterocycles. The van der Waals surface area contributed by atoms with Crippen molar-refractivity contribution in [3.63, 3.8) is 0 Å². The molecule has 0 bridgehead atoms. The van der Waals surface area contributed by atoms with Gasteiger partial charge in [-0.05, 0) is 54.8 Å². The summed E-state index contributed by atoms with van der Waals surface area (Å²) < 4.78 is 0. The monoisotopic (exact) mass is 301 g/mol. The molecule has 1 nitrogen and oxygen atoms in total. The van der Waals surface area contributed by atoms with Crippen molar-refractivity contribution in [2.75, 3.05) is 0 Å². The zero-order chi connectivity index (χ0) is 16.1. The van der Waals surface area contributed by atoms with Crippen molar-refractivity contribution in [3.05, 3.63) is 83.4 Å². The van der Waals surface area contributed by atoms with Gasteiger partial charge in [0.1, 0.15) is 0 Å². The van der Waals surface area contributed by atoms with Gasteiger partial charge in [-0.25, -0.2) is 0 Å². The van der Waals surface area contributed by atoms with Crippen LogP contribution in [0, 0.1) is 6.92 Å². The van der Waals surface area contributed by atoms with E-state index in [9.17, 15) is 0 Å². The predicted octanol–water partition coefficient (Wildman–Crippen LogP) is 5.91. The number of hydrogen-bond acceptors (Lipinski definition) is 1. The highest BCUT2D eigenvalue weighted by molar-refractivity contribution is 5.86. The molecule has 0 saturated heterocycles. The zero-order valence-electron chi connectivity index (χ0n) is 13.9. The van der Waals surface area contributed by atoms with Crippen LogP contribution in [0.3, 0.4) is 0 Å². The van der Waals surface area contributed by atoms with Crippen LogP contribution < -0.4 is 0 Å². The highest BCUT2D eigenvalue weighted by atomic mass is 14.8. The van der Waals surface area contributed by atoms with Gasteiger partial charge < -0.3 is 0 Å². The summed E-state index contributed by atoms with van der Waals surface area (Å²) in [5.74, 6) is 0. The average Bonchev–Trinajstić information content (AvgIpc) is 2.58. The molecule has 0 amide bonds. The highest BCUT2D eigenvalue weighted by Gasteiger charge is 2.06. The molecule has 23 heavy (non-hydrogen) atoms. The molecule has 0 fully saturated rings. The largest absolute Gasteiger partial charge is 0.290 e. The van der Waals surface area contributed by atoms with Crippen LogP contribution in [0.4, 0.5) is 0 Å². The van der Waals surface area contributed by atoms with Crippen LogP contribution in [0.15, 0.2) is 71.7 Å². The molecule has 3 aromatic carbocycles. The second-order valence-electron chi connectivity index (χ2n) is 6.10. The number of aryl methyl sites for hydroxylation is 2. The smallest absolute Gasteiger partial charge is 0.0722 e. The Kier molecular flexibility index (Phi) is 4.87. The van der Waals surface area contributed by atoms with Crippen LogP contribution in [0.5, 0.6) is 0 Å². The first-order valence-corrected chi connectivity index (χ1v) is 8.29. The normalized spacial score (nSPS) is 12.8. The number of hydrogen-bond donors (Lipinski definition) is 0. The van der Waals surface area contributed by atoms with Gasteiger partial charge in [0.25, 0.3) is 0 Å². The molecule has 0 unspecified atom stereocenters. The Morgan fingerprint density at radius 2 is 1.74 bits per heavy atom. The van der Waals surface area contributed by atoms with Crippen LogP contribution in [-0.4, -0.2) is 6.21 Å². The minimum Gasteiger partial charge on any atom is -0.290 e. The third-order valence-electron chi connectivity index (χ3n) is 4.25. The molecular weight excluding hydrogens is 278 g/mol. The van der Waals surface area contributed by atoms with Crippen molar-refractivity contribution in [1.82, 2.24) is 0 Å². The van der Waals surface area contributed by atoms with Gasteiger partial charge >= 0.3 is 0 Å². The van der Waals surface area contributed by atoms with E-state index in [-0.39, 0.29) is 6.04 Å². The lowest BCUT2D eigenvalue weighted by molar-refractivity contribution is 0.826. The fourth-order valence-corrected chi connectivity index (χ4v) is 3.03. The standard InChI is InChI=1S/C22H23N/c1-17-8-5-9-19(16-17)10-7-15-23-18(2)21-14-6-12-20-11-3-4-13-22(20)21/h3-6,8-9,11-16,18H,7,10H2,1-2H3/t18-/m1/s1. The van der Waals surface area contributed by atoms with Gasteiger partial charge in [0.2, 0.25) is 0 Å². The first kappa shape index (κ1) is 15.5. The molecule has 0 aliphatic heterocycles. The molecule has 0 N–H and O–H groups in total. The SMILES string of the molecule is Cc1cccc(CCC=N[C@H](C)c2cccc3ccccc23)c1. The molecule has 0 saturated carbocycles. The Morgan fingerprint density at radius 3 is 2.61 bits per heavy atom. The van der Waals surface area contributed by atoms with Gasteiger partial charge in [0, 0.05) is 0 Å². The molecule has 116 valence electrons. The van der Waals surface area contributed by atoms with E-state index in [2.05, 4.69) is 86.8 Å². The summed E-state index contributed by atoms with van der Waals surface area (Å²) in [5, 5.41) is 2.59.